The van der Waals surface area contributed by atoms with Gasteiger partial charge in [0.25, 0.3) is 0 Å². The fraction of sp³-hybridized carbons (Fsp3) is 1.00. The molecule has 0 amide bonds. The molecule has 51 heavy (non-hydrogen) atoms. The highest BCUT2D eigenvalue weighted by atomic mass is 31.2. The van der Waals surface area contributed by atoms with Crippen molar-refractivity contribution in [1.29, 1.82) is 0 Å². The van der Waals surface area contributed by atoms with Crippen LogP contribution < -0.4 is 0 Å². The predicted octanol–water partition coefficient (Wildman–Crippen LogP) is 4.77. The summed E-state index contributed by atoms with van der Waals surface area (Å²) in [7, 11) is -5.22. The Balaban J connectivity index is 0. The van der Waals surface area contributed by atoms with Crippen molar-refractivity contribution in [3.05, 3.63) is 0 Å². The molecule has 0 unspecified atom stereocenters. The Kier molecular flexibility index (Phi) is 41.8. The number of rotatable bonds is 39. The molecule has 0 aromatic carbocycles. The maximum atomic E-state index is 12.0. The largest absolute Gasteiger partial charge is 0.387 e. The summed E-state index contributed by atoms with van der Waals surface area (Å²) in [6.07, 6.45) is 9.43. The molecule has 0 aliphatic carbocycles. The maximum absolute atomic E-state index is 12.0. The number of aliphatic hydroxyl groups is 2. The molecule has 0 fully saturated rings. The second kappa shape index (κ2) is 39.9. The van der Waals surface area contributed by atoms with E-state index in [9.17, 15) is 10.2 Å². The van der Waals surface area contributed by atoms with E-state index in [2.05, 4.69) is 32.0 Å². The Bertz CT molecular complexity index is 590. The van der Waals surface area contributed by atoms with E-state index in [0.29, 0.717) is 52.9 Å². The number of unbranched alkanes of at least 4 members (excludes halogenated alkanes) is 4. The monoisotopic (exact) mass is 784 g/mol. The van der Waals surface area contributed by atoms with Crippen molar-refractivity contribution < 1.29 is 72.0 Å². The summed E-state index contributed by atoms with van der Waals surface area (Å²) in [5.41, 5.74) is -2.94. The minimum atomic E-state index is -2.61. The van der Waals surface area contributed by atoms with E-state index in [0.717, 1.165) is 77.8 Å². The highest BCUT2D eigenvalue weighted by Gasteiger charge is 2.48. The number of ether oxygens (including phenoxy) is 8. The molecule has 0 atom stereocenters. The molecule has 0 aliphatic rings. The van der Waals surface area contributed by atoms with Crippen LogP contribution in [0.15, 0.2) is 0 Å². The molecule has 0 saturated heterocycles. The Morgan fingerprint density at radius 3 is 0.686 bits per heavy atom. The van der Waals surface area contributed by atoms with Gasteiger partial charge in [0.15, 0.2) is 0 Å². The van der Waals surface area contributed by atoms with E-state index >= 15 is 0 Å². The summed E-state index contributed by atoms with van der Waals surface area (Å²) in [5, 5.41) is 24.1. The normalized spacial score (nSPS) is 12.2. The van der Waals surface area contributed by atoms with Crippen LogP contribution in [0.2, 0.25) is 0 Å². The predicted molar refractivity (Wildman–Crippen MR) is 198 cm³/mol. The van der Waals surface area contributed by atoms with Crippen LogP contribution in [0.1, 0.15) is 105 Å². The van der Waals surface area contributed by atoms with E-state index in [1.807, 2.05) is 0 Å². The molecule has 0 rings (SSSR count). The third kappa shape index (κ3) is 35.7. The average Bonchev–Trinajstić information content (AvgIpc) is 3.09. The Hall–Kier alpha value is 0.260. The molecule has 17 heteroatoms. The van der Waals surface area contributed by atoms with Gasteiger partial charge >= 0.3 is 17.2 Å². The van der Waals surface area contributed by atoms with E-state index in [4.69, 9.17) is 57.5 Å². The Morgan fingerprint density at radius 1 is 0.333 bits per heavy atom. The average molecular weight is 785 g/mol. The summed E-state index contributed by atoms with van der Waals surface area (Å²) in [6.45, 7) is 16.3. The first-order valence-electron chi connectivity index (χ1n) is 18.7. The topological polar surface area (TPSA) is 204 Å². The molecule has 0 bridgehead atoms. The molecule has 0 aliphatic heterocycles. The first-order chi connectivity index (χ1) is 24.6. The molecule has 0 spiro atoms. The fourth-order valence-corrected chi connectivity index (χ4v) is 5.01. The van der Waals surface area contributed by atoms with Crippen LogP contribution >= 0.6 is 17.2 Å². The van der Waals surface area contributed by atoms with E-state index < -0.39 is 28.4 Å². The van der Waals surface area contributed by atoms with E-state index in [1.54, 1.807) is 0 Å². The summed E-state index contributed by atoms with van der Waals surface area (Å²) < 4.78 is 49.2. The standard InChI is InChI=1S/C34H70O10.H4O5P2/c1-5-9-17-37-25-29-41-21-13-33(35,14-22-42-30-26-38-18-10-6-2)34(36,15-23-43-31-27-39-19-11-7-3)16-24-44-32-28-40-20-12-8-4;1-6(2)5-7(3)4/h35-36H,5-32H2,1-4H3;1-4H. The van der Waals surface area contributed by atoms with Crippen LogP contribution in [0.25, 0.3) is 0 Å². The zero-order valence-electron chi connectivity index (χ0n) is 32.1. The second-order valence-corrected chi connectivity index (χ2v) is 13.6. The van der Waals surface area contributed by atoms with E-state index in [-0.39, 0.29) is 52.1 Å². The summed E-state index contributed by atoms with van der Waals surface area (Å²) in [4.78, 5) is 31.3. The summed E-state index contributed by atoms with van der Waals surface area (Å²) >= 11 is 0. The summed E-state index contributed by atoms with van der Waals surface area (Å²) in [5.74, 6) is 0. The van der Waals surface area contributed by atoms with Gasteiger partial charge in [0.2, 0.25) is 0 Å². The van der Waals surface area contributed by atoms with Gasteiger partial charge in [0.1, 0.15) is 0 Å². The SMILES string of the molecule is CCCCOCCOCCC(O)(CCOCCOCCCC)C(O)(CCOCCOCCCC)CCOCCOCCCC.OP(O)OP(O)O. The van der Waals surface area contributed by atoms with Crippen molar-refractivity contribution >= 4 is 17.2 Å². The number of hydrogen-bond acceptors (Lipinski definition) is 15. The minimum Gasteiger partial charge on any atom is -0.387 e. The highest BCUT2D eigenvalue weighted by molar-refractivity contribution is 7.53. The lowest BCUT2D eigenvalue weighted by Gasteiger charge is -2.44. The van der Waals surface area contributed by atoms with Crippen molar-refractivity contribution in [3.63, 3.8) is 0 Å². The molecule has 0 aromatic heterocycles. The molecule has 15 nitrogen and oxygen atoms in total. The molecule has 0 saturated carbocycles. The fourth-order valence-electron chi connectivity index (χ4n) is 4.48. The van der Waals surface area contributed by atoms with Crippen LogP contribution in [0.3, 0.4) is 0 Å². The summed E-state index contributed by atoms with van der Waals surface area (Å²) in [6, 6.07) is 0. The molecular formula is C34H74O15P2. The lowest BCUT2D eigenvalue weighted by molar-refractivity contribution is -0.191. The zero-order valence-corrected chi connectivity index (χ0v) is 33.8. The minimum absolute atomic E-state index is 0.245. The first kappa shape index (κ1) is 53.4. The molecular weight excluding hydrogens is 710 g/mol. The lowest BCUT2D eigenvalue weighted by Crippen LogP contribution is -2.56. The quantitative estimate of drug-likeness (QED) is 0.0367. The van der Waals surface area contributed by atoms with Gasteiger partial charge in [-0.05, 0) is 25.7 Å². The van der Waals surface area contributed by atoms with Gasteiger partial charge in [-0.25, -0.2) is 4.31 Å². The van der Waals surface area contributed by atoms with Crippen molar-refractivity contribution in [1.82, 2.24) is 0 Å². The smallest absolute Gasteiger partial charge is 0.334 e. The van der Waals surface area contributed by atoms with Gasteiger partial charge in [-0.1, -0.05) is 53.4 Å². The Morgan fingerprint density at radius 2 is 0.529 bits per heavy atom. The number of hydrogen-bond donors (Lipinski definition) is 6. The van der Waals surface area contributed by atoms with Gasteiger partial charge in [0, 0.05) is 78.5 Å². The maximum Gasteiger partial charge on any atom is 0.334 e. The van der Waals surface area contributed by atoms with Gasteiger partial charge < -0.3 is 67.7 Å². The third-order valence-electron chi connectivity index (χ3n) is 7.71. The zero-order chi connectivity index (χ0) is 38.3. The van der Waals surface area contributed by atoms with Crippen molar-refractivity contribution in [2.45, 2.75) is 116 Å². The van der Waals surface area contributed by atoms with Gasteiger partial charge in [0.05, 0.1) is 64.1 Å². The molecule has 0 aromatic rings. The van der Waals surface area contributed by atoms with E-state index in [1.165, 1.54) is 0 Å². The van der Waals surface area contributed by atoms with Crippen LogP contribution in [-0.4, -0.2) is 147 Å². The molecule has 0 heterocycles. The molecule has 6 N–H and O–H groups in total. The van der Waals surface area contributed by atoms with Crippen LogP contribution in [-0.2, 0) is 42.2 Å². The van der Waals surface area contributed by atoms with Crippen LogP contribution in [0.5, 0.6) is 0 Å². The first-order valence-corrected chi connectivity index (χ1v) is 21.1. The molecule has 310 valence electrons. The lowest BCUT2D eigenvalue weighted by atomic mass is 9.74. The highest BCUT2D eigenvalue weighted by Crippen LogP contribution is 2.41. The van der Waals surface area contributed by atoms with Crippen molar-refractivity contribution in [3.8, 4) is 0 Å². The van der Waals surface area contributed by atoms with Crippen molar-refractivity contribution in [2.75, 3.05) is 106 Å². The second-order valence-electron chi connectivity index (χ2n) is 12.0. The van der Waals surface area contributed by atoms with Gasteiger partial charge in [-0.3, -0.25) is 0 Å². The molecule has 0 radical (unpaired) electrons. The van der Waals surface area contributed by atoms with Gasteiger partial charge in [-0.2, -0.15) is 0 Å². The van der Waals surface area contributed by atoms with Crippen molar-refractivity contribution in [2.24, 2.45) is 0 Å². The van der Waals surface area contributed by atoms with Crippen LogP contribution in [0, 0.1) is 0 Å². The third-order valence-corrected chi connectivity index (χ3v) is 8.88. The van der Waals surface area contributed by atoms with Gasteiger partial charge in [-0.15, -0.1) is 0 Å². The van der Waals surface area contributed by atoms with Crippen LogP contribution in [0.4, 0.5) is 0 Å². The Labute approximate surface area is 310 Å².